The average Bonchev–Trinajstić information content (AvgIpc) is 3.36. The molecule has 2 saturated carbocycles. The molecule has 3 aliphatic rings. The molecule has 1 unspecified atom stereocenters. The third-order valence-electron chi connectivity index (χ3n) is 6.03. The molecule has 1 saturated heterocycles. The Morgan fingerprint density at radius 3 is 2.63 bits per heavy atom. The van der Waals surface area contributed by atoms with E-state index in [4.69, 9.17) is 4.74 Å². The number of hydrogen-bond acceptors (Lipinski definition) is 6. The molecule has 1 aromatic rings. The van der Waals surface area contributed by atoms with Crippen LogP contribution in [0.25, 0.3) is 0 Å². The first-order chi connectivity index (χ1) is 13.2. The first-order valence-corrected chi connectivity index (χ1v) is 10.4. The van der Waals surface area contributed by atoms with E-state index in [-0.39, 0.29) is 11.9 Å². The monoisotopic (exact) mass is 373 g/mol. The minimum atomic E-state index is -0.0695. The van der Waals surface area contributed by atoms with Crippen molar-refractivity contribution in [1.82, 2.24) is 20.2 Å². The van der Waals surface area contributed by atoms with Crippen molar-refractivity contribution in [1.29, 1.82) is 0 Å². The zero-order valence-corrected chi connectivity index (χ0v) is 16.3. The van der Waals surface area contributed by atoms with Gasteiger partial charge in [0.05, 0.1) is 25.0 Å². The van der Waals surface area contributed by atoms with Crippen LogP contribution in [0.3, 0.4) is 0 Å². The fourth-order valence-corrected chi connectivity index (χ4v) is 3.99. The summed E-state index contributed by atoms with van der Waals surface area (Å²) in [6, 6.07) is 0.350. The molecule has 0 spiro atoms. The molecule has 27 heavy (non-hydrogen) atoms. The van der Waals surface area contributed by atoms with Crippen LogP contribution in [0.1, 0.15) is 45.4 Å². The Balaban J connectivity index is 1.27. The number of carbonyl (C=O) groups excluding carboxylic acids is 1. The quantitative estimate of drug-likeness (QED) is 0.786. The van der Waals surface area contributed by atoms with Crippen molar-refractivity contribution in [2.24, 2.45) is 5.92 Å². The normalized spacial score (nSPS) is 22.6. The predicted octanol–water partition coefficient (Wildman–Crippen LogP) is 1.83. The Morgan fingerprint density at radius 1 is 1.19 bits per heavy atom. The van der Waals surface area contributed by atoms with E-state index in [0.717, 1.165) is 51.4 Å². The van der Waals surface area contributed by atoms with Gasteiger partial charge in [0.25, 0.3) is 0 Å². The topological polar surface area (TPSA) is 70.6 Å². The maximum absolute atomic E-state index is 12.3. The molecule has 1 aromatic heterocycles. The fourth-order valence-electron chi connectivity index (χ4n) is 3.99. The number of piperazine rings is 1. The average molecular weight is 374 g/mol. The Morgan fingerprint density at radius 2 is 1.93 bits per heavy atom. The summed E-state index contributed by atoms with van der Waals surface area (Å²) in [5.41, 5.74) is 0. The molecule has 7 nitrogen and oxygen atoms in total. The molecule has 7 heteroatoms. The fraction of sp³-hybridized carbons (Fsp3) is 0.750. The second kappa shape index (κ2) is 8.42. The molecular weight excluding hydrogens is 342 g/mol. The maximum Gasteiger partial charge on any atom is 0.237 e. The van der Waals surface area contributed by atoms with E-state index in [1.54, 1.807) is 12.4 Å². The number of hydrogen-bond donors (Lipinski definition) is 1. The third-order valence-corrected chi connectivity index (χ3v) is 6.03. The van der Waals surface area contributed by atoms with Gasteiger partial charge in [0.2, 0.25) is 11.8 Å². The van der Waals surface area contributed by atoms with Gasteiger partial charge in [-0.05, 0) is 38.5 Å². The molecule has 148 valence electrons. The van der Waals surface area contributed by atoms with Gasteiger partial charge in [-0.2, -0.15) is 4.98 Å². The molecular formula is C20H31N5O2. The van der Waals surface area contributed by atoms with Gasteiger partial charge in [0, 0.05) is 32.2 Å². The van der Waals surface area contributed by atoms with E-state index in [1.165, 1.54) is 25.7 Å². The Hall–Kier alpha value is -1.89. The lowest BCUT2D eigenvalue weighted by Gasteiger charge is -2.37. The molecule has 3 fully saturated rings. The standard InChI is InChI=1S/C20H31N5O2/c1-15(20(26)22-17-6-7-17)24-8-10-25(11-9-24)18-12-21-13-19(23-18)27-14-16-4-2-3-5-16/h12-13,15-17H,2-11,14H2,1H3,(H,22,26). The molecule has 0 radical (unpaired) electrons. The van der Waals surface area contributed by atoms with Crippen LogP contribution in [0.2, 0.25) is 0 Å². The molecule has 2 heterocycles. The molecule has 1 N–H and O–H groups in total. The molecule has 0 aromatic carbocycles. The third kappa shape index (κ3) is 4.89. The molecule has 4 rings (SSSR count). The lowest BCUT2D eigenvalue weighted by Crippen LogP contribution is -2.54. The van der Waals surface area contributed by atoms with Gasteiger partial charge in [-0.3, -0.25) is 14.7 Å². The zero-order chi connectivity index (χ0) is 18.6. The molecule has 1 amide bonds. The van der Waals surface area contributed by atoms with E-state index in [2.05, 4.69) is 25.1 Å². The van der Waals surface area contributed by atoms with Crippen molar-refractivity contribution >= 4 is 11.7 Å². The SMILES string of the molecule is CC(C(=O)NC1CC1)N1CCN(c2cncc(OCC3CCCC3)n2)CC1. The van der Waals surface area contributed by atoms with Crippen molar-refractivity contribution in [2.75, 3.05) is 37.7 Å². The van der Waals surface area contributed by atoms with E-state index >= 15 is 0 Å². The number of amides is 1. The summed E-state index contributed by atoms with van der Waals surface area (Å²) in [4.78, 5) is 25.7. The number of carbonyl (C=O) groups is 1. The van der Waals surface area contributed by atoms with Crippen LogP contribution in [0.5, 0.6) is 5.88 Å². The van der Waals surface area contributed by atoms with Gasteiger partial charge in [-0.1, -0.05) is 12.8 Å². The summed E-state index contributed by atoms with van der Waals surface area (Å²) in [5.74, 6) is 2.32. The lowest BCUT2D eigenvalue weighted by molar-refractivity contribution is -0.126. The summed E-state index contributed by atoms with van der Waals surface area (Å²) < 4.78 is 5.89. The highest BCUT2D eigenvalue weighted by Crippen LogP contribution is 2.25. The smallest absolute Gasteiger partial charge is 0.237 e. The van der Waals surface area contributed by atoms with Crippen LogP contribution < -0.4 is 15.0 Å². The van der Waals surface area contributed by atoms with Crippen molar-refractivity contribution in [3.8, 4) is 5.88 Å². The van der Waals surface area contributed by atoms with Crippen LogP contribution in [-0.4, -0.2) is 65.6 Å². The first-order valence-electron chi connectivity index (χ1n) is 10.4. The molecule has 1 atom stereocenters. The number of nitrogens with one attached hydrogen (secondary N) is 1. The van der Waals surface area contributed by atoms with Gasteiger partial charge < -0.3 is 15.0 Å². The highest BCUT2D eigenvalue weighted by Gasteiger charge is 2.30. The summed E-state index contributed by atoms with van der Waals surface area (Å²) in [6.07, 6.45) is 10.9. The minimum Gasteiger partial charge on any atom is -0.476 e. The summed E-state index contributed by atoms with van der Waals surface area (Å²) in [5, 5.41) is 3.11. The van der Waals surface area contributed by atoms with Crippen LogP contribution in [0, 0.1) is 5.92 Å². The van der Waals surface area contributed by atoms with Crippen molar-refractivity contribution < 1.29 is 9.53 Å². The van der Waals surface area contributed by atoms with Crippen LogP contribution in [0.15, 0.2) is 12.4 Å². The highest BCUT2D eigenvalue weighted by atomic mass is 16.5. The lowest BCUT2D eigenvalue weighted by atomic mass is 10.1. The number of ether oxygens (including phenoxy) is 1. The van der Waals surface area contributed by atoms with E-state index in [0.29, 0.717) is 17.8 Å². The largest absolute Gasteiger partial charge is 0.476 e. The van der Waals surface area contributed by atoms with E-state index in [9.17, 15) is 4.79 Å². The van der Waals surface area contributed by atoms with Gasteiger partial charge in [0.1, 0.15) is 0 Å². The predicted molar refractivity (Wildman–Crippen MR) is 104 cm³/mol. The van der Waals surface area contributed by atoms with Crippen LogP contribution in [0.4, 0.5) is 5.82 Å². The number of aromatic nitrogens is 2. The Kier molecular flexibility index (Phi) is 5.76. The van der Waals surface area contributed by atoms with Crippen LogP contribution >= 0.6 is 0 Å². The van der Waals surface area contributed by atoms with Crippen molar-refractivity contribution in [3.63, 3.8) is 0 Å². The minimum absolute atomic E-state index is 0.0695. The van der Waals surface area contributed by atoms with Crippen molar-refractivity contribution in [3.05, 3.63) is 12.4 Å². The van der Waals surface area contributed by atoms with Gasteiger partial charge in [-0.25, -0.2) is 0 Å². The summed E-state index contributed by atoms with van der Waals surface area (Å²) in [6.45, 7) is 6.16. The van der Waals surface area contributed by atoms with Crippen molar-refractivity contribution in [2.45, 2.75) is 57.5 Å². The maximum atomic E-state index is 12.3. The Bertz CT molecular complexity index is 637. The second-order valence-electron chi connectivity index (χ2n) is 8.16. The van der Waals surface area contributed by atoms with Gasteiger partial charge in [-0.15, -0.1) is 0 Å². The van der Waals surface area contributed by atoms with Gasteiger partial charge >= 0.3 is 0 Å². The number of anilines is 1. The number of rotatable bonds is 7. The van der Waals surface area contributed by atoms with E-state index < -0.39 is 0 Å². The highest BCUT2D eigenvalue weighted by molar-refractivity contribution is 5.81. The second-order valence-corrected chi connectivity index (χ2v) is 8.16. The molecule has 1 aliphatic heterocycles. The number of nitrogens with zero attached hydrogens (tertiary/aromatic N) is 4. The zero-order valence-electron chi connectivity index (χ0n) is 16.3. The summed E-state index contributed by atoms with van der Waals surface area (Å²) >= 11 is 0. The Labute approximate surface area is 161 Å². The first kappa shape index (κ1) is 18.5. The summed E-state index contributed by atoms with van der Waals surface area (Å²) in [7, 11) is 0. The molecule has 2 aliphatic carbocycles. The van der Waals surface area contributed by atoms with E-state index in [1.807, 2.05) is 6.92 Å². The van der Waals surface area contributed by atoms with Gasteiger partial charge in [0.15, 0.2) is 5.82 Å². The molecule has 0 bridgehead atoms. The van der Waals surface area contributed by atoms with Crippen LogP contribution in [-0.2, 0) is 4.79 Å².